The fraction of sp³-hybridized carbons (Fsp3) is 0.533. The number of benzene rings is 1. The number of halogens is 1. The SMILES string of the molecule is Cc1ccc(NC(=O)CN2CCC(C)(CN)C2)c(Cl)c1. The Bertz CT molecular complexity index is 506. The van der Waals surface area contributed by atoms with Crippen LogP contribution in [0.25, 0.3) is 0 Å². The topological polar surface area (TPSA) is 58.4 Å². The molecule has 0 radical (unpaired) electrons. The van der Waals surface area contributed by atoms with Crippen molar-refractivity contribution in [1.29, 1.82) is 0 Å². The Labute approximate surface area is 125 Å². The Morgan fingerprint density at radius 2 is 2.30 bits per heavy atom. The van der Waals surface area contributed by atoms with E-state index in [0.29, 0.717) is 23.8 Å². The third-order valence-corrected chi connectivity index (χ3v) is 4.21. The molecule has 0 spiro atoms. The summed E-state index contributed by atoms with van der Waals surface area (Å²) in [6, 6.07) is 5.62. The van der Waals surface area contributed by atoms with Crippen LogP contribution in [-0.2, 0) is 4.79 Å². The van der Waals surface area contributed by atoms with Crippen molar-refractivity contribution in [1.82, 2.24) is 4.90 Å². The van der Waals surface area contributed by atoms with Crippen molar-refractivity contribution >= 4 is 23.2 Å². The zero-order chi connectivity index (χ0) is 14.8. The van der Waals surface area contributed by atoms with Crippen LogP contribution >= 0.6 is 11.6 Å². The van der Waals surface area contributed by atoms with Gasteiger partial charge in [-0.25, -0.2) is 0 Å². The normalized spacial score (nSPS) is 23.0. The number of nitrogens with zero attached hydrogens (tertiary/aromatic N) is 1. The molecule has 0 bridgehead atoms. The van der Waals surface area contributed by atoms with Crippen LogP contribution in [0.1, 0.15) is 18.9 Å². The first-order valence-electron chi connectivity index (χ1n) is 6.90. The minimum absolute atomic E-state index is 0.0305. The zero-order valence-electron chi connectivity index (χ0n) is 12.1. The summed E-state index contributed by atoms with van der Waals surface area (Å²) in [7, 11) is 0. The van der Waals surface area contributed by atoms with E-state index in [2.05, 4.69) is 17.1 Å². The number of hydrogen-bond acceptors (Lipinski definition) is 3. The van der Waals surface area contributed by atoms with Gasteiger partial charge in [-0.2, -0.15) is 0 Å². The molecule has 1 unspecified atom stereocenters. The first-order chi connectivity index (χ1) is 9.42. The van der Waals surface area contributed by atoms with Crippen LogP contribution in [0.5, 0.6) is 0 Å². The van der Waals surface area contributed by atoms with Crippen LogP contribution in [0.15, 0.2) is 18.2 Å². The van der Waals surface area contributed by atoms with Crippen LogP contribution in [-0.4, -0.2) is 37.0 Å². The molecular weight excluding hydrogens is 274 g/mol. The monoisotopic (exact) mass is 295 g/mol. The second-order valence-electron chi connectivity index (χ2n) is 6.01. The van der Waals surface area contributed by atoms with E-state index in [4.69, 9.17) is 17.3 Å². The Balaban J connectivity index is 1.90. The average molecular weight is 296 g/mol. The van der Waals surface area contributed by atoms with E-state index in [-0.39, 0.29) is 11.3 Å². The second kappa shape index (κ2) is 6.12. The first-order valence-corrected chi connectivity index (χ1v) is 7.28. The van der Waals surface area contributed by atoms with Crippen molar-refractivity contribution in [2.45, 2.75) is 20.3 Å². The van der Waals surface area contributed by atoms with Crippen LogP contribution in [0, 0.1) is 12.3 Å². The molecule has 1 saturated heterocycles. The van der Waals surface area contributed by atoms with Crippen molar-refractivity contribution in [3.05, 3.63) is 28.8 Å². The molecule has 1 aliphatic heterocycles. The molecule has 2 rings (SSSR count). The molecule has 1 atom stereocenters. The van der Waals surface area contributed by atoms with Crippen molar-refractivity contribution in [2.24, 2.45) is 11.1 Å². The van der Waals surface area contributed by atoms with Crippen molar-refractivity contribution in [3.8, 4) is 0 Å². The number of anilines is 1. The Morgan fingerprint density at radius 1 is 1.55 bits per heavy atom. The maximum Gasteiger partial charge on any atom is 0.238 e. The molecule has 1 heterocycles. The smallest absolute Gasteiger partial charge is 0.238 e. The summed E-state index contributed by atoms with van der Waals surface area (Å²) in [4.78, 5) is 14.2. The number of rotatable bonds is 4. The molecule has 0 aromatic heterocycles. The molecule has 110 valence electrons. The van der Waals surface area contributed by atoms with Gasteiger partial charge in [-0.15, -0.1) is 0 Å². The molecule has 5 heteroatoms. The van der Waals surface area contributed by atoms with Crippen molar-refractivity contribution < 1.29 is 4.79 Å². The molecule has 1 fully saturated rings. The Kier molecular flexibility index (Phi) is 4.68. The molecule has 0 aliphatic carbocycles. The van der Waals surface area contributed by atoms with Gasteiger partial charge in [-0.3, -0.25) is 9.69 Å². The number of carbonyl (C=O) groups excluding carboxylic acids is 1. The zero-order valence-corrected chi connectivity index (χ0v) is 12.8. The number of hydrogen-bond donors (Lipinski definition) is 2. The molecule has 0 saturated carbocycles. The van der Waals surface area contributed by atoms with E-state index in [0.717, 1.165) is 25.1 Å². The van der Waals surface area contributed by atoms with Gasteiger partial charge in [0, 0.05) is 6.54 Å². The van der Waals surface area contributed by atoms with E-state index >= 15 is 0 Å². The summed E-state index contributed by atoms with van der Waals surface area (Å²) < 4.78 is 0. The predicted molar refractivity (Wildman–Crippen MR) is 83.0 cm³/mol. The summed E-state index contributed by atoms with van der Waals surface area (Å²) >= 11 is 6.11. The fourth-order valence-electron chi connectivity index (χ4n) is 2.54. The van der Waals surface area contributed by atoms with E-state index in [1.54, 1.807) is 0 Å². The lowest BCUT2D eigenvalue weighted by molar-refractivity contribution is -0.117. The highest BCUT2D eigenvalue weighted by Gasteiger charge is 2.33. The van der Waals surface area contributed by atoms with E-state index in [1.165, 1.54) is 0 Å². The quantitative estimate of drug-likeness (QED) is 0.896. The molecule has 1 aliphatic rings. The van der Waals surface area contributed by atoms with E-state index < -0.39 is 0 Å². The second-order valence-corrected chi connectivity index (χ2v) is 6.41. The predicted octanol–water partition coefficient (Wildman–Crippen LogP) is 2.26. The number of amides is 1. The van der Waals surface area contributed by atoms with E-state index in [9.17, 15) is 4.79 Å². The minimum Gasteiger partial charge on any atom is -0.330 e. The number of nitrogens with one attached hydrogen (secondary N) is 1. The molecular formula is C15H22ClN3O. The van der Waals surface area contributed by atoms with Crippen LogP contribution in [0.4, 0.5) is 5.69 Å². The summed E-state index contributed by atoms with van der Waals surface area (Å²) in [5, 5.41) is 3.44. The fourth-order valence-corrected chi connectivity index (χ4v) is 2.82. The van der Waals surface area contributed by atoms with Gasteiger partial charge in [0.05, 0.1) is 17.3 Å². The van der Waals surface area contributed by atoms with Gasteiger partial charge in [0.1, 0.15) is 0 Å². The van der Waals surface area contributed by atoms with Gasteiger partial charge < -0.3 is 11.1 Å². The van der Waals surface area contributed by atoms with Crippen molar-refractivity contribution in [2.75, 3.05) is 31.5 Å². The maximum absolute atomic E-state index is 12.1. The summed E-state index contributed by atoms with van der Waals surface area (Å²) in [5.41, 5.74) is 7.66. The minimum atomic E-state index is -0.0305. The molecule has 3 N–H and O–H groups in total. The molecule has 1 aromatic carbocycles. The van der Waals surface area contributed by atoms with Gasteiger partial charge in [0.15, 0.2) is 0 Å². The van der Waals surface area contributed by atoms with Gasteiger partial charge in [0.2, 0.25) is 5.91 Å². The highest BCUT2D eigenvalue weighted by molar-refractivity contribution is 6.33. The molecule has 20 heavy (non-hydrogen) atoms. The Hall–Kier alpha value is -1.10. The summed E-state index contributed by atoms with van der Waals surface area (Å²) in [5.74, 6) is -0.0305. The maximum atomic E-state index is 12.1. The van der Waals surface area contributed by atoms with Crippen LogP contribution in [0.2, 0.25) is 5.02 Å². The van der Waals surface area contributed by atoms with Gasteiger partial charge >= 0.3 is 0 Å². The summed E-state index contributed by atoms with van der Waals surface area (Å²) in [6.07, 6.45) is 1.04. The molecule has 1 aromatic rings. The number of carbonyl (C=O) groups is 1. The molecule has 4 nitrogen and oxygen atoms in total. The number of aryl methyl sites for hydroxylation is 1. The average Bonchev–Trinajstić information content (AvgIpc) is 2.75. The third-order valence-electron chi connectivity index (χ3n) is 3.90. The van der Waals surface area contributed by atoms with E-state index in [1.807, 2.05) is 25.1 Å². The lowest BCUT2D eigenvalue weighted by Crippen LogP contribution is -2.35. The van der Waals surface area contributed by atoms with Gasteiger partial charge in [-0.05, 0) is 49.5 Å². The largest absolute Gasteiger partial charge is 0.330 e. The van der Waals surface area contributed by atoms with Crippen LogP contribution in [0.3, 0.4) is 0 Å². The number of likely N-dealkylation sites (tertiary alicyclic amines) is 1. The number of nitrogens with two attached hydrogens (primary N) is 1. The highest BCUT2D eigenvalue weighted by atomic mass is 35.5. The van der Waals surface area contributed by atoms with Crippen molar-refractivity contribution in [3.63, 3.8) is 0 Å². The molecule has 1 amide bonds. The lowest BCUT2D eigenvalue weighted by atomic mass is 9.90. The van der Waals surface area contributed by atoms with Gasteiger partial charge in [-0.1, -0.05) is 24.6 Å². The van der Waals surface area contributed by atoms with Crippen LogP contribution < -0.4 is 11.1 Å². The standard InChI is InChI=1S/C15H22ClN3O/c1-11-3-4-13(12(16)7-11)18-14(20)8-19-6-5-15(2,9-17)10-19/h3-4,7H,5-6,8-10,17H2,1-2H3,(H,18,20). The van der Waals surface area contributed by atoms with Gasteiger partial charge in [0.25, 0.3) is 0 Å². The highest BCUT2D eigenvalue weighted by Crippen LogP contribution is 2.28. The first kappa shape index (κ1) is 15.3. The third kappa shape index (κ3) is 3.72. The summed E-state index contributed by atoms with van der Waals surface area (Å²) in [6.45, 7) is 6.98. The Morgan fingerprint density at radius 3 is 2.90 bits per heavy atom. The lowest BCUT2D eigenvalue weighted by Gasteiger charge is -2.22.